The van der Waals surface area contributed by atoms with Crippen molar-refractivity contribution in [1.82, 2.24) is 5.32 Å². The molecular formula is C10H10N2O2. The van der Waals surface area contributed by atoms with E-state index < -0.39 is 6.04 Å². The molecule has 2 rings (SSSR count). The first kappa shape index (κ1) is 8.74. The average Bonchev–Trinajstić information content (AvgIpc) is 2.43. The van der Waals surface area contributed by atoms with Gasteiger partial charge in [0.2, 0.25) is 5.91 Å². The molecule has 1 atom stereocenters. The van der Waals surface area contributed by atoms with Gasteiger partial charge < -0.3 is 10.6 Å². The molecule has 2 amide bonds. The molecule has 1 aliphatic rings. The Morgan fingerprint density at radius 3 is 2.86 bits per heavy atom. The lowest BCUT2D eigenvalue weighted by atomic mass is 10.1. The molecule has 0 bridgehead atoms. The van der Waals surface area contributed by atoms with Crippen molar-refractivity contribution in [2.75, 3.05) is 5.32 Å². The minimum absolute atomic E-state index is 0.179. The van der Waals surface area contributed by atoms with Gasteiger partial charge in [-0.15, -0.1) is 0 Å². The second-order valence-electron chi connectivity index (χ2n) is 3.21. The van der Waals surface area contributed by atoms with E-state index in [0.717, 1.165) is 11.3 Å². The lowest BCUT2D eigenvalue weighted by molar-refractivity contribution is -0.124. The summed E-state index contributed by atoms with van der Waals surface area (Å²) in [7, 11) is 0. The zero-order chi connectivity index (χ0) is 10.1. The van der Waals surface area contributed by atoms with Crippen molar-refractivity contribution in [3.63, 3.8) is 0 Å². The molecular weight excluding hydrogens is 180 g/mol. The molecule has 72 valence electrons. The summed E-state index contributed by atoms with van der Waals surface area (Å²) < 4.78 is 0. The predicted molar refractivity (Wildman–Crippen MR) is 51.6 cm³/mol. The number of para-hydroxylation sites is 1. The lowest BCUT2D eigenvalue weighted by Crippen LogP contribution is -2.30. The van der Waals surface area contributed by atoms with Crippen LogP contribution in [0.2, 0.25) is 0 Å². The fourth-order valence-electron chi connectivity index (χ4n) is 1.56. The Morgan fingerprint density at radius 1 is 1.43 bits per heavy atom. The normalized spacial score (nSPS) is 18.6. The van der Waals surface area contributed by atoms with Gasteiger partial charge in [0.05, 0.1) is 0 Å². The number of benzene rings is 1. The summed E-state index contributed by atoms with van der Waals surface area (Å²) in [5.41, 5.74) is 1.60. The maximum Gasteiger partial charge on any atom is 0.251 e. The summed E-state index contributed by atoms with van der Waals surface area (Å²) >= 11 is 0. The van der Waals surface area contributed by atoms with Crippen LogP contribution in [0.4, 0.5) is 5.69 Å². The molecule has 0 radical (unpaired) electrons. The topological polar surface area (TPSA) is 58.2 Å². The van der Waals surface area contributed by atoms with E-state index in [1.807, 2.05) is 24.3 Å². The zero-order valence-electron chi connectivity index (χ0n) is 7.70. The Kier molecular flexibility index (Phi) is 1.96. The van der Waals surface area contributed by atoms with Crippen molar-refractivity contribution < 1.29 is 9.59 Å². The number of anilines is 1. The summed E-state index contributed by atoms with van der Waals surface area (Å²) in [6.45, 7) is 1.40. The van der Waals surface area contributed by atoms with E-state index >= 15 is 0 Å². The molecule has 0 unspecified atom stereocenters. The van der Waals surface area contributed by atoms with Crippen LogP contribution in [-0.2, 0) is 9.59 Å². The quantitative estimate of drug-likeness (QED) is 0.688. The molecule has 0 fully saturated rings. The molecule has 0 aliphatic carbocycles. The fourth-order valence-corrected chi connectivity index (χ4v) is 1.56. The first-order valence-corrected chi connectivity index (χ1v) is 4.35. The van der Waals surface area contributed by atoms with Gasteiger partial charge in [-0.1, -0.05) is 18.2 Å². The number of hydrogen-bond donors (Lipinski definition) is 2. The van der Waals surface area contributed by atoms with Gasteiger partial charge in [0, 0.05) is 18.2 Å². The number of rotatable bonds is 1. The van der Waals surface area contributed by atoms with Gasteiger partial charge in [-0.25, -0.2) is 0 Å². The van der Waals surface area contributed by atoms with Gasteiger partial charge in [-0.05, 0) is 6.07 Å². The van der Waals surface area contributed by atoms with Gasteiger partial charge in [-0.2, -0.15) is 0 Å². The standard InChI is InChI=1S/C10H10N2O2/c1-6(13)11-9-7-4-2-3-5-8(7)12-10(9)14/h2-5,9H,1H3,(H,11,13)(H,12,14)/t9-/m0/s1. The molecule has 0 spiro atoms. The van der Waals surface area contributed by atoms with E-state index in [1.165, 1.54) is 6.92 Å². The van der Waals surface area contributed by atoms with Crippen LogP contribution < -0.4 is 10.6 Å². The van der Waals surface area contributed by atoms with Crippen LogP contribution >= 0.6 is 0 Å². The highest BCUT2D eigenvalue weighted by atomic mass is 16.2. The van der Waals surface area contributed by atoms with E-state index in [1.54, 1.807) is 0 Å². The maximum atomic E-state index is 11.4. The molecule has 14 heavy (non-hydrogen) atoms. The zero-order valence-corrected chi connectivity index (χ0v) is 7.70. The van der Waals surface area contributed by atoms with Crippen LogP contribution in [0.3, 0.4) is 0 Å². The molecule has 4 nitrogen and oxygen atoms in total. The minimum Gasteiger partial charge on any atom is -0.341 e. The Bertz CT molecular complexity index is 401. The van der Waals surface area contributed by atoms with Crippen LogP contribution in [0.15, 0.2) is 24.3 Å². The smallest absolute Gasteiger partial charge is 0.251 e. The first-order valence-electron chi connectivity index (χ1n) is 4.35. The highest BCUT2D eigenvalue weighted by molar-refractivity contribution is 6.04. The Balaban J connectivity index is 2.34. The second-order valence-corrected chi connectivity index (χ2v) is 3.21. The van der Waals surface area contributed by atoms with Gasteiger partial charge in [0.1, 0.15) is 6.04 Å². The Hall–Kier alpha value is -1.84. The van der Waals surface area contributed by atoms with Crippen LogP contribution in [-0.4, -0.2) is 11.8 Å². The minimum atomic E-state index is -0.538. The number of fused-ring (bicyclic) bond motifs is 1. The molecule has 0 saturated carbocycles. The number of carbonyl (C=O) groups is 2. The van der Waals surface area contributed by atoms with Gasteiger partial charge in [-0.3, -0.25) is 9.59 Å². The monoisotopic (exact) mass is 190 g/mol. The van der Waals surface area contributed by atoms with Crippen LogP contribution in [0.5, 0.6) is 0 Å². The van der Waals surface area contributed by atoms with Crippen LogP contribution in [0, 0.1) is 0 Å². The molecule has 2 N–H and O–H groups in total. The van der Waals surface area contributed by atoms with E-state index in [2.05, 4.69) is 10.6 Å². The van der Waals surface area contributed by atoms with Crippen LogP contribution in [0.1, 0.15) is 18.5 Å². The highest BCUT2D eigenvalue weighted by Gasteiger charge is 2.30. The molecule has 0 saturated heterocycles. The average molecular weight is 190 g/mol. The summed E-state index contributed by atoms with van der Waals surface area (Å²) in [5.74, 6) is -0.386. The Labute approximate surface area is 81.3 Å². The summed E-state index contributed by atoms with van der Waals surface area (Å²) in [4.78, 5) is 22.3. The van der Waals surface area contributed by atoms with Gasteiger partial charge >= 0.3 is 0 Å². The lowest BCUT2D eigenvalue weighted by Gasteiger charge is -2.08. The maximum absolute atomic E-state index is 11.4. The third-order valence-electron chi connectivity index (χ3n) is 2.14. The van der Waals surface area contributed by atoms with Gasteiger partial charge in [0.15, 0.2) is 0 Å². The third-order valence-corrected chi connectivity index (χ3v) is 2.14. The van der Waals surface area contributed by atoms with Gasteiger partial charge in [0.25, 0.3) is 5.91 Å². The van der Waals surface area contributed by atoms with E-state index in [4.69, 9.17) is 0 Å². The predicted octanol–water partition coefficient (Wildman–Crippen LogP) is 0.816. The van der Waals surface area contributed by atoms with Crippen LogP contribution in [0.25, 0.3) is 0 Å². The second kappa shape index (κ2) is 3.14. The Morgan fingerprint density at radius 2 is 2.14 bits per heavy atom. The van der Waals surface area contributed by atoms with Crippen molar-refractivity contribution in [3.05, 3.63) is 29.8 Å². The summed E-state index contributed by atoms with van der Waals surface area (Å²) in [6.07, 6.45) is 0. The number of amides is 2. The fraction of sp³-hybridized carbons (Fsp3) is 0.200. The number of hydrogen-bond acceptors (Lipinski definition) is 2. The van der Waals surface area contributed by atoms with E-state index in [9.17, 15) is 9.59 Å². The molecule has 1 aromatic carbocycles. The SMILES string of the molecule is CC(=O)N[C@@H]1C(=O)Nc2ccccc21. The first-order chi connectivity index (χ1) is 6.68. The van der Waals surface area contributed by atoms with Crippen molar-refractivity contribution >= 4 is 17.5 Å². The number of nitrogens with one attached hydrogen (secondary N) is 2. The molecule has 1 heterocycles. The van der Waals surface area contributed by atoms with E-state index in [0.29, 0.717) is 0 Å². The molecule has 4 heteroatoms. The molecule has 0 aromatic heterocycles. The van der Waals surface area contributed by atoms with Crippen molar-refractivity contribution in [2.45, 2.75) is 13.0 Å². The largest absolute Gasteiger partial charge is 0.341 e. The number of carbonyl (C=O) groups excluding carboxylic acids is 2. The van der Waals surface area contributed by atoms with Crippen molar-refractivity contribution in [3.8, 4) is 0 Å². The van der Waals surface area contributed by atoms with E-state index in [-0.39, 0.29) is 11.8 Å². The molecule has 1 aromatic rings. The van der Waals surface area contributed by atoms with Crippen molar-refractivity contribution in [1.29, 1.82) is 0 Å². The highest BCUT2D eigenvalue weighted by Crippen LogP contribution is 2.29. The third kappa shape index (κ3) is 1.35. The molecule has 1 aliphatic heterocycles. The van der Waals surface area contributed by atoms with Crippen molar-refractivity contribution in [2.24, 2.45) is 0 Å². The summed E-state index contributed by atoms with van der Waals surface area (Å²) in [6, 6.07) is 6.79. The summed E-state index contributed by atoms with van der Waals surface area (Å²) in [5, 5.41) is 5.30.